The molecule has 1 aromatic carbocycles. The number of benzene rings is 1. The number of aromatic nitrogens is 3. The van der Waals surface area contributed by atoms with E-state index in [1.54, 1.807) is 28.6 Å². The number of aromatic amines is 1. The van der Waals surface area contributed by atoms with Crippen LogP contribution in [0.3, 0.4) is 0 Å². The van der Waals surface area contributed by atoms with E-state index in [0.717, 1.165) is 31.6 Å². The molecule has 0 unspecified atom stereocenters. The molecule has 6 nitrogen and oxygen atoms in total. The lowest BCUT2D eigenvalue weighted by Crippen LogP contribution is -2.39. The Morgan fingerprint density at radius 1 is 1.33 bits per heavy atom. The maximum Gasteiger partial charge on any atom is 0.243 e. The van der Waals surface area contributed by atoms with E-state index in [0.29, 0.717) is 22.8 Å². The Kier molecular flexibility index (Phi) is 5.17. The first-order valence-corrected chi connectivity index (χ1v) is 10.1. The maximum atomic E-state index is 12.9. The number of sulfonamides is 1. The Hall–Kier alpha value is -1.51. The van der Waals surface area contributed by atoms with Crippen LogP contribution < -0.4 is 0 Å². The summed E-state index contributed by atoms with van der Waals surface area (Å²) in [5.74, 6) is 0.937. The highest BCUT2D eigenvalue weighted by Gasteiger charge is 2.32. The minimum atomic E-state index is -3.46. The highest BCUT2D eigenvalue weighted by atomic mass is 32.2. The van der Waals surface area contributed by atoms with Gasteiger partial charge in [0, 0.05) is 25.6 Å². The Bertz CT molecular complexity index is 842. The molecular weight excluding hydrogens is 344 g/mol. The van der Waals surface area contributed by atoms with Crippen molar-refractivity contribution in [3.8, 4) is 0 Å². The lowest BCUT2D eigenvalue weighted by molar-refractivity contribution is 0.304. The molecule has 2 heterocycles. The highest BCUT2D eigenvalue weighted by Crippen LogP contribution is 2.29. The predicted octanol–water partition coefficient (Wildman–Crippen LogP) is 2.92. The van der Waals surface area contributed by atoms with Crippen LogP contribution in [0.25, 0.3) is 0 Å². The quantitative estimate of drug-likeness (QED) is 0.826. The van der Waals surface area contributed by atoms with Gasteiger partial charge >= 0.3 is 0 Å². The second-order valence-electron chi connectivity index (χ2n) is 6.05. The number of nitrogens with one attached hydrogen (secondary N) is 1. The molecule has 130 valence electrons. The van der Waals surface area contributed by atoms with Gasteiger partial charge < -0.3 is 4.57 Å². The largest absolute Gasteiger partial charge is 0.304 e. The van der Waals surface area contributed by atoms with Crippen LogP contribution >= 0.6 is 12.2 Å². The monoisotopic (exact) mass is 366 g/mol. The first-order chi connectivity index (χ1) is 11.5. The van der Waals surface area contributed by atoms with Crippen molar-refractivity contribution in [1.82, 2.24) is 19.1 Å². The van der Waals surface area contributed by atoms with Gasteiger partial charge in [0.15, 0.2) is 4.77 Å². The van der Waals surface area contributed by atoms with Gasteiger partial charge in [-0.15, -0.1) is 0 Å². The molecule has 1 saturated heterocycles. The average molecular weight is 367 g/mol. The van der Waals surface area contributed by atoms with E-state index in [-0.39, 0.29) is 5.92 Å². The normalized spacial score (nSPS) is 19.5. The van der Waals surface area contributed by atoms with Gasteiger partial charge in [0.25, 0.3) is 0 Å². The van der Waals surface area contributed by atoms with E-state index < -0.39 is 10.0 Å². The number of hydrogen-bond donors (Lipinski definition) is 1. The van der Waals surface area contributed by atoms with Crippen molar-refractivity contribution in [3.63, 3.8) is 0 Å². The zero-order valence-electron chi connectivity index (χ0n) is 13.7. The Balaban J connectivity index is 1.86. The van der Waals surface area contributed by atoms with Gasteiger partial charge in [-0.25, -0.2) is 8.42 Å². The van der Waals surface area contributed by atoms with Crippen molar-refractivity contribution >= 4 is 22.2 Å². The van der Waals surface area contributed by atoms with Gasteiger partial charge in [0.2, 0.25) is 10.0 Å². The van der Waals surface area contributed by atoms with Gasteiger partial charge in [-0.3, -0.25) is 5.10 Å². The summed E-state index contributed by atoms with van der Waals surface area (Å²) in [5.41, 5.74) is 0. The van der Waals surface area contributed by atoms with E-state index in [1.807, 2.05) is 10.6 Å². The Morgan fingerprint density at radius 2 is 2.08 bits per heavy atom. The number of nitrogens with zero attached hydrogens (tertiary/aromatic N) is 3. The molecule has 2 aromatic rings. The second-order valence-corrected chi connectivity index (χ2v) is 8.38. The van der Waals surface area contributed by atoms with Gasteiger partial charge in [-0.2, -0.15) is 9.40 Å². The molecule has 1 N–H and O–H groups in total. The van der Waals surface area contributed by atoms with Gasteiger partial charge in [-0.1, -0.05) is 25.1 Å². The number of hydrogen-bond acceptors (Lipinski definition) is 4. The van der Waals surface area contributed by atoms with Crippen LogP contribution in [0.2, 0.25) is 0 Å². The molecule has 24 heavy (non-hydrogen) atoms. The third kappa shape index (κ3) is 3.31. The fourth-order valence-corrected chi connectivity index (χ4v) is 4.97. The molecule has 1 aromatic heterocycles. The summed E-state index contributed by atoms with van der Waals surface area (Å²) in [7, 11) is -3.46. The molecule has 0 bridgehead atoms. The number of piperidine rings is 1. The first-order valence-electron chi connectivity index (χ1n) is 8.24. The van der Waals surface area contributed by atoms with Crippen LogP contribution in [-0.2, 0) is 16.6 Å². The topological polar surface area (TPSA) is 71.0 Å². The van der Waals surface area contributed by atoms with Crippen molar-refractivity contribution in [2.45, 2.75) is 43.5 Å². The molecule has 0 amide bonds. The zero-order valence-corrected chi connectivity index (χ0v) is 15.3. The van der Waals surface area contributed by atoms with Crippen LogP contribution in [0.15, 0.2) is 35.2 Å². The van der Waals surface area contributed by atoms with E-state index in [4.69, 9.17) is 12.2 Å². The molecule has 0 aliphatic carbocycles. The maximum absolute atomic E-state index is 12.9. The fourth-order valence-electron chi connectivity index (χ4n) is 3.19. The summed E-state index contributed by atoms with van der Waals surface area (Å²) < 4.78 is 29.9. The zero-order chi connectivity index (χ0) is 17.2. The van der Waals surface area contributed by atoms with Crippen molar-refractivity contribution < 1.29 is 8.42 Å². The molecule has 0 saturated carbocycles. The molecule has 3 rings (SSSR count). The van der Waals surface area contributed by atoms with Crippen LogP contribution in [0.1, 0.15) is 37.9 Å². The minimum absolute atomic E-state index is 0.0664. The van der Waals surface area contributed by atoms with Crippen molar-refractivity contribution in [2.75, 3.05) is 13.1 Å². The van der Waals surface area contributed by atoms with E-state index in [2.05, 4.69) is 17.1 Å². The Labute approximate surface area is 147 Å². The van der Waals surface area contributed by atoms with Gasteiger partial charge in [0.05, 0.1) is 4.90 Å². The molecular formula is C16H22N4O2S2. The molecule has 0 spiro atoms. The van der Waals surface area contributed by atoms with Crippen molar-refractivity contribution in [1.29, 1.82) is 0 Å². The van der Waals surface area contributed by atoms with E-state index in [1.165, 1.54) is 0 Å². The van der Waals surface area contributed by atoms with Gasteiger partial charge in [-0.05, 0) is 43.6 Å². The smallest absolute Gasteiger partial charge is 0.243 e. The fraction of sp³-hybridized carbons (Fsp3) is 0.500. The summed E-state index contributed by atoms with van der Waals surface area (Å²) in [6, 6.07) is 8.61. The molecule has 1 atom stereocenters. The predicted molar refractivity (Wildman–Crippen MR) is 94.9 cm³/mol. The number of H-pyrrole nitrogens is 1. The minimum Gasteiger partial charge on any atom is -0.304 e. The van der Waals surface area contributed by atoms with Crippen LogP contribution in [0, 0.1) is 4.77 Å². The van der Waals surface area contributed by atoms with E-state index in [9.17, 15) is 8.42 Å². The summed E-state index contributed by atoms with van der Waals surface area (Å²) in [5, 5.41) is 7.22. The van der Waals surface area contributed by atoms with Crippen molar-refractivity contribution in [2.24, 2.45) is 0 Å². The lowest BCUT2D eigenvalue weighted by atomic mass is 9.99. The first kappa shape index (κ1) is 17.3. The lowest BCUT2D eigenvalue weighted by Gasteiger charge is -2.31. The highest BCUT2D eigenvalue weighted by molar-refractivity contribution is 7.89. The summed E-state index contributed by atoms with van der Waals surface area (Å²) >= 11 is 5.30. The molecule has 1 aliphatic rings. The molecule has 8 heteroatoms. The summed E-state index contributed by atoms with van der Waals surface area (Å²) in [6.07, 6.45) is 2.70. The summed E-state index contributed by atoms with van der Waals surface area (Å²) in [6.45, 7) is 3.88. The molecule has 1 aliphatic heterocycles. The van der Waals surface area contributed by atoms with Crippen LogP contribution in [0.4, 0.5) is 0 Å². The van der Waals surface area contributed by atoms with E-state index >= 15 is 0 Å². The van der Waals surface area contributed by atoms with Gasteiger partial charge in [0.1, 0.15) is 5.82 Å². The molecule has 0 radical (unpaired) electrons. The third-order valence-electron chi connectivity index (χ3n) is 4.37. The van der Waals surface area contributed by atoms with Crippen LogP contribution in [-0.4, -0.2) is 40.6 Å². The Morgan fingerprint density at radius 3 is 2.79 bits per heavy atom. The SMILES string of the molecule is CCCn1c([C@@H]2CCCN(S(=O)(=O)c3ccccc3)C2)n[nH]c1=S. The number of rotatable bonds is 5. The van der Waals surface area contributed by atoms with Crippen LogP contribution in [0.5, 0.6) is 0 Å². The summed E-state index contributed by atoms with van der Waals surface area (Å²) in [4.78, 5) is 0.345. The standard InChI is InChI=1S/C16H22N4O2S2/c1-2-10-20-15(17-18-16(20)23)13-7-6-11-19(12-13)24(21,22)14-8-4-3-5-9-14/h3-5,8-9,13H,2,6-7,10-12H2,1H3,(H,18,23)/t13-/m1/s1. The second kappa shape index (κ2) is 7.16. The average Bonchev–Trinajstić information content (AvgIpc) is 2.97. The third-order valence-corrected chi connectivity index (χ3v) is 6.56. The molecule has 1 fully saturated rings. The van der Waals surface area contributed by atoms with Crippen molar-refractivity contribution in [3.05, 3.63) is 40.9 Å².